The molecule has 0 saturated carbocycles. The van der Waals surface area contributed by atoms with E-state index in [1.54, 1.807) is 0 Å². The van der Waals surface area contributed by atoms with E-state index in [9.17, 15) is 18.0 Å². The van der Waals surface area contributed by atoms with Gasteiger partial charge in [-0.1, -0.05) is 0 Å². The fraction of sp³-hybridized carbons (Fsp3) is 0.100. The van der Waals surface area contributed by atoms with Crippen LogP contribution < -0.4 is 0 Å². The van der Waals surface area contributed by atoms with E-state index in [2.05, 4.69) is 0 Å². The van der Waals surface area contributed by atoms with E-state index in [-0.39, 0.29) is 0 Å². The Morgan fingerprint density at radius 3 is 2.53 bits per heavy atom. The molecule has 2 rings (SSSR count). The molecule has 0 aliphatic carbocycles. The van der Waals surface area contributed by atoms with Crippen LogP contribution in [0.25, 0.3) is 10.1 Å². The van der Waals surface area contributed by atoms with Gasteiger partial charge in [0.25, 0.3) is 0 Å². The Labute approximate surface area is 87.1 Å². The number of carbonyl (C=O) groups excluding carboxylic acids is 1. The minimum atomic E-state index is -4.34. The third kappa shape index (κ3) is 1.87. The summed E-state index contributed by atoms with van der Waals surface area (Å²) in [5.74, 6) is 0. The van der Waals surface area contributed by atoms with Gasteiger partial charge in [0.1, 0.15) is 0 Å². The fourth-order valence-electron chi connectivity index (χ4n) is 1.30. The number of carbonyl (C=O) groups is 1. The molecular formula is C10H5F3OS. The Balaban J connectivity index is 2.60. The molecule has 1 nitrogen and oxygen atoms in total. The number of halogens is 3. The topological polar surface area (TPSA) is 17.1 Å². The molecule has 5 heteroatoms. The molecule has 2 aromatic rings. The number of fused-ring (bicyclic) bond motifs is 1. The van der Waals surface area contributed by atoms with Gasteiger partial charge in [-0.15, -0.1) is 11.3 Å². The highest BCUT2D eigenvalue weighted by Crippen LogP contribution is 2.33. The van der Waals surface area contributed by atoms with Crippen LogP contribution in [0.3, 0.4) is 0 Å². The average Bonchev–Trinajstić information content (AvgIpc) is 2.57. The van der Waals surface area contributed by atoms with Gasteiger partial charge in [-0.05, 0) is 29.7 Å². The molecule has 0 N–H and O–H groups in total. The number of thiophene rings is 1. The Kier molecular flexibility index (Phi) is 2.26. The van der Waals surface area contributed by atoms with Crippen molar-refractivity contribution < 1.29 is 18.0 Å². The molecular weight excluding hydrogens is 225 g/mol. The molecule has 0 radical (unpaired) electrons. The molecule has 1 heterocycles. The monoisotopic (exact) mass is 230 g/mol. The van der Waals surface area contributed by atoms with E-state index in [1.807, 2.05) is 0 Å². The highest BCUT2D eigenvalue weighted by Gasteiger charge is 2.30. The lowest BCUT2D eigenvalue weighted by Crippen LogP contribution is -2.03. The van der Waals surface area contributed by atoms with Crippen molar-refractivity contribution in [2.24, 2.45) is 0 Å². The van der Waals surface area contributed by atoms with Gasteiger partial charge in [-0.2, -0.15) is 13.2 Å². The van der Waals surface area contributed by atoms with Gasteiger partial charge in [0.2, 0.25) is 0 Å². The molecule has 78 valence electrons. The Morgan fingerprint density at radius 2 is 1.93 bits per heavy atom. The Morgan fingerprint density at radius 1 is 1.20 bits per heavy atom. The molecule has 0 fully saturated rings. The maximum Gasteiger partial charge on any atom is 0.416 e. The Hall–Kier alpha value is -1.36. The number of benzene rings is 1. The first kappa shape index (κ1) is 10.2. The lowest BCUT2D eigenvalue weighted by molar-refractivity contribution is -0.137. The van der Waals surface area contributed by atoms with Crippen molar-refractivity contribution >= 4 is 27.7 Å². The summed E-state index contributed by atoms with van der Waals surface area (Å²) in [6.45, 7) is 0. The van der Waals surface area contributed by atoms with Crippen molar-refractivity contribution in [3.05, 3.63) is 34.7 Å². The maximum absolute atomic E-state index is 12.3. The zero-order valence-electron chi connectivity index (χ0n) is 7.34. The first-order chi connectivity index (χ1) is 7.00. The molecule has 0 unspecified atom stereocenters. The molecule has 0 saturated heterocycles. The van der Waals surface area contributed by atoms with Crippen LogP contribution in [-0.4, -0.2) is 6.29 Å². The standard InChI is InChI=1S/C10H5F3OS/c11-10(12,13)7-1-2-9-6(3-7)4-8(5-14)15-9/h1-5H. The second kappa shape index (κ2) is 3.34. The zero-order chi connectivity index (χ0) is 11.1. The summed E-state index contributed by atoms with van der Waals surface area (Å²) in [5.41, 5.74) is -0.690. The summed E-state index contributed by atoms with van der Waals surface area (Å²) in [4.78, 5) is 10.9. The smallest absolute Gasteiger partial charge is 0.297 e. The van der Waals surface area contributed by atoms with Crippen molar-refractivity contribution in [3.8, 4) is 0 Å². The number of hydrogen-bond acceptors (Lipinski definition) is 2. The molecule has 0 spiro atoms. The second-order valence-corrected chi connectivity index (χ2v) is 4.13. The van der Waals surface area contributed by atoms with Crippen LogP contribution in [-0.2, 0) is 6.18 Å². The average molecular weight is 230 g/mol. The predicted molar refractivity (Wildman–Crippen MR) is 52.2 cm³/mol. The van der Waals surface area contributed by atoms with E-state index in [0.717, 1.165) is 12.1 Å². The van der Waals surface area contributed by atoms with E-state index in [4.69, 9.17) is 0 Å². The van der Waals surface area contributed by atoms with Crippen LogP contribution >= 0.6 is 11.3 Å². The highest BCUT2D eigenvalue weighted by molar-refractivity contribution is 7.20. The van der Waals surface area contributed by atoms with Crippen molar-refractivity contribution in [3.63, 3.8) is 0 Å². The quantitative estimate of drug-likeness (QED) is 0.682. The van der Waals surface area contributed by atoms with E-state index < -0.39 is 11.7 Å². The van der Waals surface area contributed by atoms with Gasteiger partial charge in [0.05, 0.1) is 10.4 Å². The second-order valence-electron chi connectivity index (χ2n) is 3.02. The molecule has 0 atom stereocenters. The van der Waals surface area contributed by atoms with Crippen LogP contribution in [0.2, 0.25) is 0 Å². The molecule has 0 amide bonds. The van der Waals surface area contributed by atoms with Crippen LogP contribution in [0.1, 0.15) is 15.2 Å². The van der Waals surface area contributed by atoms with Gasteiger partial charge in [0.15, 0.2) is 6.29 Å². The van der Waals surface area contributed by atoms with Crippen molar-refractivity contribution in [1.82, 2.24) is 0 Å². The summed E-state index contributed by atoms with van der Waals surface area (Å²) in [6, 6.07) is 4.92. The molecule has 15 heavy (non-hydrogen) atoms. The lowest BCUT2D eigenvalue weighted by atomic mass is 10.1. The van der Waals surface area contributed by atoms with Gasteiger partial charge in [-0.3, -0.25) is 4.79 Å². The maximum atomic E-state index is 12.3. The van der Waals surface area contributed by atoms with Gasteiger partial charge < -0.3 is 0 Å². The van der Waals surface area contributed by atoms with E-state index >= 15 is 0 Å². The molecule has 0 aliphatic rings. The summed E-state index contributed by atoms with van der Waals surface area (Å²) >= 11 is 1.18. The molecule has 0 aliphatic heterocycles. The molecule has 1 aromatic heterocycles. The predicted octanol–water partition coefficient (Wildman–Crippen LogP) is 3.73. The highest BCUT2D eigenvalue weighted by atomic mass is 32.1. The first-order valence-electron chi connectivity index (χ1n) is 4.06. The van der Waals surface area contributed by atoms with Crippen molar-refractivity contribution in [2.45, 2.75) is 6.18 Å². The third-order valence-corrected chi connectivity index (χ3v) is 3.02. The minimum absolute atomic E-state index is 0.435. The molecule has 0 bridgehead atoms. The fourth-order valence-corrected chi connectivity index (χ4v) is 2.16. The van der Waals surface area contributed by atoms with Crippen molar-refractivity contribution in [1.29, 1.82) is 0 Å². The summed E-state index contributed by atoms with van der Waals surface area (Å²) < 4.78 is 37.7. The van der Waals surface area contributed by atoms with E-state index in [0.29, 0.717) is 21.2 Å². The van der Waals surface area contributed by atoms with Crippen LogP contribution in [0.4, 0.5) is 13.2 Å². The zero-order valence-corrected chi connectivity index (χ0v) is 8.15. The van der Waals surface area contributed by atoms with Crippen LogP contribution in [0, 0.1) is 0 Å². The third-order valence-electron chi connectivity index (χ3n) is 1.98. The number of hydrogen-bond donors (Lipinski definition) is 0. The minimum Gasteiger partial charge on any atom is -0.297 e. The first-order valence-corrected chi connectivity index (χ1v) is 4.88. The normalized spacial score (nSPS) is 11.9. The largest absolute Gasteiger partial charge is 0.416 e. The summed E-state index contributed by atoms with van der Waals surface area (Å²) in [7, 11) is 0. The van der Waals surface area contributed by atoms with Gasteiger partial charge in [-0.25, -0.2) is 0 Å². The van der Waals surface area contributed by atoms with Gasteiger partial charge in [0, 0.05) is 4.70 Å². The number of aldehydes is 1. The number of alkyl halides is 3. The van der Waals surface area contributed by atoms with Crippen LogP contribution in [0.5, 0.6) is 0 Å². The molecule has 1 aromatic carbocycles. The van der Waals surface area contributed by atoms with Crippen molar-refractivity contribution in [2.75, 3.05) is 0 Å². The SMILES string of the molecule is O=Cc1cc2cc(C(F)(F)F)ccc2s1. The summed E-state index contributed by atoms with van der Waals surface area (Å²) in [6.07, 6.45) is -3.70. The number of rotatable bonds is 1. The summed E-state index contributed by atoms with van der Waals surface area (Å²) in [5, 5.41) is 0.455. The lowest BCUT2D eigenvalue weighted by Gasteiger charge is -2.05. The van der Waals surface area contributed by atoms with Crippen LogP contribution in [0.15, 0.2) is 24.3 Å². The van der Waals surface area contributed by atoms with E-state index in [1.165, 1.54) is 23.5 Å². The Bertz CT molecular complexity index is 513. The van der Waals surface area contributed by atoms with Gasteiger partial charge >= 0.3 is 6.18 Å².